The first-order chi connectivity index (χ1) is 9.63. The standard InChI is InChI=1S/C16H20N2OS/c17-15-5-1-13(2-6-15)9-11-20(19)12-10-14-3-7-16(18)8-4-14/h1-8H,9-12,17-18H2. The second-order valence-electron chi connectivity index (χ2n) is 4.83. The van der Waals surface area contributed by atoms with Gasteiger partial charge in [-0.2, -0.15) is 0 Å². The minimum atomic E-state index is -0.794. The number of hydrogen-bond donors (Lipinski definition) is 2. The van der Waals surface area contributed by atoms with Crippen LogP contribution in [-0.4, -0.2) is 15.7 Å². The van der Waals surface area contributed by atoms with Crippen molar-refractivity contribution in [1.82, 2.24) is 0 Å². The van der Waals surface area contributed by atoms with Crippen LogP contribution in [0.4, 0.5) is 11.4 Å². The lowest BCUT2D eigenvalue weighted by molar-refractivity contribution is 0.681. The number of hydrogen-bond acceptors (Lipinski definition) is 3. The van der Waals surface area contributed by atoms with Crippen LogP contribution in [0.2, 0.25) is 0 Å². The van der Waals surface area contributed by atoms with Crippen molar-refractivity contribution in [3.05, 3.63) is 59.7 Å². The topological polar surface area (TPSA) is 69.1 Å². The Balaban J connectivity index is 1.75. The third-order valence-corrected chi connectivity index (χ3v) is 4.52. The number of benzene rings is 2. The molecule has 2 aromatic carbocycles. The molecule has 0 spiro atoms. The predicted octanol–water partition coefficient (Wildman–Crippen LogP) is 2.38. The van der Waals surface area contributed by atoms with E-state index in [-0.39, 0.29) is 0 Å². The van der Waals surface area contributed by atoms with Gasteiger partial charge >= 0.3 is 0 Å². The van der Waals surface area contributed by atoms with Crippen LogP contribution < -0.4 is 11.5 Å². The maximum absolute atomic E-state index is 12.0. The van der Waals surface area contributed by atoms with E-state index < -0.39 is 10.8 Å². The third kappa shape index (κ3) is 4.70. The number of anilines is 2. The fraction of sp³-hybridized carbons (Fsp3) is 0.250. The van der Waals surface area contributed by atoms with E-state index in [9.17, 15) is 4.21 Å². The van der Waals surface area contributed by atoms with E-state index >= 15 is 0 Å². The second-order valence-corrected chi connectivity index (χ2v) is 6.53. The average molecular weight is 288 g/mol. The Morgan fingerprint density at radius 3 is 1.40 bits per heavy atom. The van der Waals surface area contributed by atoms with Gasteiger partial charge in [0.25, 0.3) is 0 Å². The molecule has 0 aromatic heterocycles. The third-order valence-electron chi connectivity index (χ3n) is 3.20. The van der Waals surface area contributed by atoms with Gasteiger partial charge in [0, 0.05) is 33.7 Å². The van der Waals surface area contributed by atoms with E-state index in [1.54, 1.807) is 0 Å². The molecule has 0 aliphatic rings. The Labute approximate surface area is 122 Å². The molecule has 3 nitrogen and oxygen atoms in total. The molecule has 2 rings (SSSR count). The summed E-state index contributed by atoms with van der Waals surface area (Å²) in [7, 11) is -0.794. The molecule has 20 heavy (non-hydrogen) atoms. The molecular formula is C16H20N2OS. The summed E-state index contributed by atoms with van der Waals surface area (Å²) in [5.74, 6) is 1.39. The van der Waals surface area contributed by atoms with Gasteiger partial charge in [-0.1, -0.05) is 24.3 Å². The van der Waals surface area contributed by atoms with Crippen molar-refractivity contribution in [2.24, 2.45) is 0 Å². The Bertz CT molecular complexity index is 513. The highest BCUT2D eigenvalue weighted by Gasteiger charge is 2.02. The fourth-order valence-electron chi connectivity index (χ4n) is 1.93. The number of rotatable bonds is 6. The van der Waals surface area contributed by atoms with Gasteiger partial charge in [-0.15, -0.1) is 0 Å². The van der Waals surface area contributed by atoms with Gasteiger partial charge in [-0.05, 0) is 48.2 Å². The molecular weight excluding hydrogens is 268 g/mol. The summed E-state index contributed by atoms with van der Waals surface area (Å²) in [6.07, 6.45) is 1.66. The van der Waals surface area contributed by atoms with Gasteiger partial charge in [0.15, 0.2) is 0 Å². The summed E-state index contributed by atoms with van der Waals surface area (Å²) in [5.41, 5.74) is 15.2. The fourth-order valence-corrected chi connectivity index (χ4v) is 3.06. The zero-order chi connectivity index (χ0) is 14.4. The SMILES string of the molecule is Nc1ccc(CCS(=O)CCc2ccc(N)cc2)cc1. The highest BCUT2D eigenvalue weighted by Crippen LogP contribution is 2.09. The lowest BCUT2D eigenvalue weighted by Gasteiger charge is -2.04. The summed E-state index contributed by atoms with van der Waals surface area (Å²) >= 11 is 0. The first-order valence-electron chi connectivity index (χ1n) is 6.67. The first-order valence-corrected chi connectivity index (χ1v) is 8.16. The van der Waals surface area contributed by atoms with Crippen molar-refractivity contribution in [3.8, 4) is 0 Å². The molecule has 0 atom stereocenters. The summed E-state index contributed by atoms with van der Waals surface area (Å²) in [6.45, 7) is 0. The van der Waals surface area contributed by atoms with Gasteiger partial charge in [0.05, 0.1) is 0 Å². The summed E-state index contributed by atoms with van der Waals surface area (Å²) in [4.78, 5) is 0. The smallest absolute Gasteiger partial charge is 0.0314 e. The Kier molecular flexibility index (Phi) is 5.18. The predicted molar refractivity (Wildman–Crippen MR) is 87.0 cm³/mol. The van der Waals surface area contributed by atoms with E-state index in [0.29, 0.717) is 11.5 Å². The second kappa shape index (κ2) is 7.10. The maximum Gasteiger partial charge on any atom is 0.0314 e. The molecule has 2 aromatic rings. The molecule has 4 N–H and O–H groups in total. The minimum absolute atomic E-state index is 0.693. The van der Waals surface area contributed by atoms with Crippen LogP contribution >= 0.6 is 0 Å². The molecule has 0 unspecified atom stereocenters. The van der Waals surface area contributed by atoms with Crippen LogP contribution in [0.25, 0.3) is 0 Å². The quantitative estimate of drug-likeness (QED) is 0.802. The molecule has 0 aliphatic carbocycles. The van der Waals surface area contributed by atoms with Crippen LogP contribution in [0.3, 0.4) is 0 Å². The Morgan fingerprint density at radius 2 is 1.05 bits per heavy atom. The molecule has 0 radical (unpaired) electrons. The van der Waals surface area contributed by atoms with Gasteiger partial charge in [-0.3, -0.25) is 4.21 Å². The van der Waals surface area contributed by atoms with Crippen LogP contribution in [0, 0.1) is 0 Å². The van der Waals surface area contributed by atoms with E-state index in [0.717, 1.165) is 24.2 Å². The van der Waals surface area contributed by atoms with Gasteiger partial charge in [0.1, 0.15) is 0 Å². The summed E-state index contributed by atoms with van der Waals surface area (Å²) in [6, 6.07) is 15.5. The molecule has 0 aliphatic heterocycles. The molecule has 0 fully saturated rings. The number of nitrogens with two attached hydrogens (primary N) is 2. The van der Waals surface area contributed by atoms with Crippen molar-refractivity contribution < 1.29 is 4.21 Å². The van der Waals surface area contributed by atoms with E-state index in [2.05, 4.69) is 0 Å². The van der Waals surface area contributed by atoms with Gasteiger partial charge in [0.2, 0.25) is 0 Å². The lowest BCUT2D eigenvalue weighted by atomic mass is 10.1. The van der Waals surface area contributed by atoms with Crippen molar-refractivity contribution in [3.63, 3.8) is 0 Å². The van der Waals surface area contributed by atoms with Crippen LogP contribution in [-0.2, 0) is 23.6 Å². The largest absolute Gasteiger partial charge is 0.399 e. The van der Waals surface area contributed by atoms with Crippen molar-refractivity contribution >= 4 is 22.2 Å². The lowest BCUT2D eigenvalue weighted by Crippen LogP contribution is -2.07. The molecule has 0 amide bonds. The highest BCUT2D eigenvalue weighted by atomic mass is 32.2. The Hall–Kier alpha value is -1.81. The van der Waals surface area contributed by atoms with Crippen molar-refractivity contribution in [2.45, 2.75) is 12.8 Å². The minimum Gasteiger partial charge on any atom is -0.399 e. The van der Waals surface area contributed by atoms with Crippen LogP contribution in [0.1, 0.15) is 11.1 Å². The van der Waals surface area contributed by atoms with Gasteiger partial charge in [-0.25, -0.2) is 0 Å². The maximum atomic E-state index is 12.0. The van der Waals surface area contributed by atoms with Gasteiger partial charge < -0.3 is 11.5 Å². The zero-order valence-electron chi connectivity index (χ0n) is 11.4. The summed E-state index contributed by atoms with van der Waals surface area (Å²) in [5, 5.41) is 0. The summed E-state index contributed by atoms with van der Waals surface area (Å²) < 4.78 is 12.0. The van der Waals surface area contributed by atoms with E-state index in [4.69, 9.17) is 11.5 Å². The molecule has 4 heteroatoms. The van der Waals surface area contributed by atoms with Crippen LogP contribution in [0.15, 0.2) is 48.5 Å². The Morgan fingerprint density at radius 1 is 0.700 bits per heavy atom. The average Bonchev–Trinajstić information content (AvgIpc) is 2.46. The molecule has 0 bridgehead atoms. The van der Waals surface area contributed by atoms with Crippen molar-refractivity contribution in [2.75, 3.05) is 23.0 Å². The van der Waals surface area contributed by atoms with E-state index in [1.165, 1.54) is 11.1 Å². The normalized spacial score (nSPS) is 10.8. The zero-order valence-corrected chi connectivity index (χ0v) is 12.2. The number of nitrogen functional groups attached to an aromatic ring is 2. The molecule has 0 heterocycles. The number of aryl methyl sites for hydroxylation is 2. The molecule has 0 saturated carbocycles. The molecule has 106 valence electrons. The monoisotopic (exact) mass is 288 g/mol. The van der Waals surface area contributed by atoms with Crippen LogP contribution in [0.5, 0.6) is 0 Å². The highest BCUT2D eigenvalue weighted by molar-refractivity contribution is 7.84. The van der Waals surface area contributed by atoms with Crippen molar-refractivity contribution in [1.29, 1.82) is 0 Å². The molecule has 0 saturated heterocycles. The first kappa shape index (κ1) is 14.6. The van der Waals surface area contributed by atoms with E-state index in [1.807, 2.05) is 48.5 Å².